The zero-order valence-electron chi connectivity index (χ0n) is 9.20. The molecule has 0 N–H and O–H groups in total. The monoisotopic (exact) mass is 309 g/mol. The van der Waals surface area contributed by atoms with E-state index >= 15 is 0 Å². The van der Waals surface area contributed by atoms with Crippen molar-refractivity contribution in [1.82, 2.24) is 0 Å². The second-order valence-corrected chi connectivity index (χ2v) is 7.75. The van der Waals surface area contributed by atoms with Gasteiger partial charge in [-0.1, -0.05) is 29.8 Å². The SMILES string of the molecule is C[C@@]12CC[C@@H]([C@@H](Br)C1=O)[C@@]2(C)CS(=O)(=O)[O-]. The Bertz CT molecular complexity index is 446. The summed E-state index contributed by atoms with van der Waals surface area (Å²) in [6.07, 6.45) is 1.49. The van der Waals surface area contributed by atoms with Gasteiger partial charge in [0.2, 0.25) is 0 Å². The predicted octanol–water partition coefficient (Wildman–Crippen LogP) is 1.30. The average molecular weight is 310 g/mol. The molecule has 0 radical (unpaired) electrons. The lowest BCUT2D eigenvalue weighted by Gasteiger charge is -2.37. The van der Waals surface area contributed by atoms with Crippen LogP contribution in [-0.2, 0) is 14.9 Å². The van der Waals surface area contributed by atoms with E-state index in [1.165, 1.54) is 0 Å². The largest absolute Gasteiger partial charge is 0.748 e. The molecule has 0 spiro atoms. The molecule has 0 aromatic carbocycles. The number of ketones is 1. The summed E-state index contributed by atoms with van der Waals surface area (Å²) < 4.78 is 33.0. The van der Waals surface area contributed by atoms with E-state index in [0.29, 0.717) is 6.42 Å². The summed E-state index contributed by atoms with van der Waals surface area (Å²) in [6, 6.07) is 0. The standard InChI is InChI=1S/C10H15BrO4S/c1-9-4-3-6(7(11)8(9)12)10(9,2)5-16(13,14)15/h6-7H,3-5H2,1-2H3,(H,13,14,15)/p-1/t6-,7+,9+,10+/m0/s1. The molecule has 2 aliphatic carbocycles. The Hall–Kier alpha value is 0.0600. The Balaban J connectivity index is 2.47. The Morgan fingerprint density at radius 1 is 1.50 bits per heavy atom. The summed E-state index contributed by atoms with van der Waals surface area (Å²) in [4.78, 5) is 11.8. The summed E-state index contributed by atoms with van der Waals surface area (Å²) in [6.45, 7) is 3.56. The van der Waals surface area contributed by atoms with Gasteiger partial charge in [-0.2, -0.15) is 0 Å². The molecule has 2 rings (SSSR count). The van der Waals surface area contributed by atoms with E-state index in [0.717, 1.165) is 6.42 Å². The number of carbonyl (C=O) groups excluding carboxylic acids is 1. The molecule has 0 aromatic heterocycles. The first-order valence-electron chi connectivity index (χ1n) is 5.24. The molecular formula is C10H14BrO4S-. The highest BCUT2D eigenvalue weighted by molar-refractivity contribution is 9.10. The van der Waals surface area contributed by atoms with E-state index in [2.05, 4.69) is 15.9 Å². The summed E-state index contributed by atoms with van der Waals surface area (Å²) in [5, 5.41) is 0. The molecule has 16 heavy (non-hydrogen) atoms. The molecule has 0 saturated heterocycles. The quantitative estimate of drug-likeness (QED) is 0.569. The molecule has 0 heterocycles. The third-order valence-electron chi connectivity index (χ3n) is 4.66. The molecule has 0 aromatic rings. The van der Waals surface area contributed by atoms with E-state index in [9.17, 15) is 17.8 Å². The van der Waals surface area contributed by atoms with Gasteiger partial charge >= 0.3 is 0 Å². The summed E-state index contributed by atoms with van der Waals surface area (Å²) in [5.74, 6) is -0.418. The van der Waals surface area contributed by atoms with Crippen LogP contribution in [0.2, 0.25) is 0 Å². The van der Waals surface area contributed by atoms with Crippen molar-refractivity contribution in [3.63, 3.8) is 0 Å². The molecular weight excluding hydrogens is 296 g/mol. The first-order chi connectivity index (χ1) is 7.12. The Labute approximate surface area is 104 Å². The van der Waals surface area contributed by atoms with E-state index in [1.54, 1.807) is 13.8 Å². The third kappa shape index (κ3) is 1.42. The van der Waals surface area contributed by atoms with Crippen LogP contribution in [-0.4, -0.2) is 29.3 Å². The van der Waals surface area contributed by atoms with Crippen LogP contribution >= 0.6 is 15.9 Å². The number of carbonyl (C=O) groups is 1. The highest BCUT2D eigenvalue weighted by Gasteiger charge is 2.68. The fourth-order valence-corrected chi connectivity index (χ4v) is 6.07. The number of Topliss-reactive ketones (excluding diaryl/α,β-unsaturated/α-hetero) is 1. The zero-order valence-corrected chi connectivity index (χ0v) is 11.6. The Morgan fingerprint density at radius 3 is 2.44 bits per heavy atom. The zero-order chi connectivity index (χ0) is 12.4. The van der Waals surface area contributed by atoms with E-state index < -0.39 is 26.7 Å². The molecule has 0 amide bonds. The molecule has 2 bridgehead atoms. The van der Waals surface area contributed by atoms with Crippen molar-refractivity contribution in [1.29, 1.82) is 0 Å². The van der Waals surface area contributed by atoms with Crippen LogP contribution in [0.4, 0.5) is 0 Å². The highest BCUT2D eigenvalue weighted by Crippen LogP contribution is 2.65. The Morgan fingerprint density at radius 2 is 2.06 bits per heavy atom. The topological polar surface area (TPSA) is 74.3 Å². The van der Waals surface area contributed by atoms with Crippen LogP contribution < -0.4 is 0 Å². The number of fused-ring (bicyclic) bond motifs is 2. The van der Waals surface area contributed by atoms with Gasteiger partial charge in [-0.05, 0) is 24.2 Å². The minimum Gasteiger partial charge on any atom is -0.748 e. The Kier molecular flexibility index (Phi) is 2.58. The van der Waals surface area contributed by atoms with E-state index in [1.807, 2.05) is 0 Å². The van der Waals surface area contributed by atoms with E-state index in [-0.39, 0.29) is 16.5 Å². The van der Waals surface area contributed by atoms with Crippen molar-refractivity contribution in [2.75, 3.05) is 5.75 Å². The van der Waals surface area contributed by atoms with Gasteiger partial charge in [-0.3, -0.25) is 4.79 Å². The summed E-state index contributed by atoms with van der Waals surface area (Å²) in [5.41, 5.74) is -1.37. The van der Waals surface area contributed by atoms with Crippen molar-refractivity contribution >= 4 is 31.8 Å². The fraction of sp³-hybridized carbons (Fsp3) is 0.900. The van der Waals surface area contributed by atoms with Crippen LogP contribution in [0.15, 0.2) is 0 Å². The maximum atomic E-state index is 12.0. The van der Waals surface area contributed by atoms with Crippen molar-refractivity contribution in [3.05, 3.63) is 0 Å². The normalized spacial score (nSPS) is 47.6. The molecule has 0 aliphatic heterocycles. The van der Waals surface area contributed by atoms with Gasteiger partial charge < -0.3 is 4.55 Å². The molecule has 2 aliphatic rings. The maximum Gasteiger partial charge on any atom is 0.153 e. The van der Waals surface area contributed by atoms with Crippen LogP contribution in [0.5, 0.6) is 0 Å². The summed E-state index contributed by atoms with van der Waals surface area (Å²) >= 11 is 3.33. The van der Waals surface area contributed by atoms with Crippen LogP contribution in [0.1, 0.15) is 26.7 Å². The van der Waals surface area contributed by atoms with Gasteiger partial charge in [0.25, 0.3) is 0 Å². The maximum absolute atomic E-state index is 12.0. The lowest BCUT2D eigenvalue weighted by Crippen LogP contribution is -2.40. The smallest absolute Gasteiger partial charge is 0.153 e. The van der Waals surface area contributed by atoms with Crippen LogP contribution in [0.25, 0.3) is 0 Å². The van der Waals surface area contributed by atoms with E-state index in [4.69, 9.17) is 0 Å². The predicted molar refractivity (Wildman–Crippen MR) is 61.2 cm³/mol. The van der Waals surface area contributed by atoms with Gasteiger partial charge in [0.15, 0.2) is 5.78 Å². The van der Waals surface area contributed by atoms with Crippen LogP contribution in [0.3, 0.4) is 0 Å². The molecule has 4 nitrogen and oxygen atoms in total. The third-order valence-corrected chi connectivity index (χ3v) is 6.67. The first kappa shape index (κ1) is 12.5. The van der Waals surface area contributed by atoms with Gasteiger partial charge in [0, 0.05) is 11.2 Å². The van der Waals surface area contributed by atoms with Gasteiger partial charge in [-0.15, -0.1) is 0 Å². The van der Waals surface area contributed by atoms with Gasteiger partial charge in [0.1, 0.15) is 0 Å². The van der Waals surface area contributed by atoms with Crippen molar-refractivity contribution in [3.8, 4) is 0 Å². The summed E-state index contributed by atoms with van der Waals surface area (Å²) in [7, 11) is -4.30. The highest BCUT2D eigenvalue weighted by atomic mass is 79.9. The van der Waals surface area contributed by atoms with Crippen molar-refractivity contribution in [2.45, 2.75) is 31.5 Å². The second-order valence-electron chi connectivity index (χ2n) is 5.36. The minimum absolute atomic E-state index is 0.0336. The number of alkyl halides is 1. The molecule has 2 fully saturated rings. The molecule has 6 heteroatoms. The molecule has 4 atom stereocenters. The molecule has 92 valence electrons. The number of hydrogen-bond donors (Lipinski definition) is 0. The lowest BCUT2D eigenvalue weighted by atomic mass is 9.70. The molecule has 2 saturated carbocycles. The minimum atomic E-state index is -4.30. The number of rotatable bonds is 2. The second kappa shape index (κ2) is 3.29. The van der Waals surface area contributed by atoms with Crippen molar-refractivity contribution < 1.29 is 17.8 Å². The van der Waals surface area contributed by atoms with Crippen molar-refractivity contribution in [2.24, 2.45) is 16.7 Å². The first-order valence-corrected chi connectivity index (χ1v) is 7.73. The lowest BCUT2D eigenvalue weighted by molar-refractivity contribution is -0.127. The molecule has 0 unspecified atom stereocenters. The van der Waals surface area contributed by atoms with Gasteiger partial charge in [0.05, 0.1) is 14.9 Å². The van der Waals surface area contributed by atoms with Crippen LogP contribution in [0, 0.1) is 16.7 Å². The number of halogens is 1. The average Bonchev–Trinajstić information content (AvgIpc) is 2.40. The number of hydrogen-bond acceptors (Lipinski definition) is 4. The fourth-order valence-electron chi connectivity index (χ4n) is 3.45. The van der Waals surface area contributed by atoms with Gasteiger partial charge in [-0.25, -0.2) is 8.42 Å².